The third kappa shape index (κ3) is 3.48. The van der Waals surface area contributed by atoms with Gasteiger partial charge in [0.2, 0.25) is 0 Å². The lowest BCUT2D eigenvalue weighted by Crippen LogP contribution is -2.74. The number of halogens is 1. The molecule has 1 aliphatic rings. The number of nitriles is 1. The number of rotatable bonds is 4. The van der Waals surface area contributed by atoms with Crippen molar-refractivity contribution < 1.29 is 13.9 Å². The van der Waals surface area contributed by atoms with Gasteiger partial charge in [0.1, 0.15) is 23.7 Å². The van der Waals surface area contributed by atoms with E-state index in [1.807, 2.05) is 65.0 Å². The first-order valence-corrected chi connectivity index (χ1v) is 9.73. The lowest BCUT2D eigenvalue weighted by Gasteiger charge is -2.63. The Labute approximate surface area is 171 Å². The number of ether oxygens (including phenoxy) is 1. The van der Waals surface area contributed by atoms with Gasteiger partial charge < -0.3 is 10.1 Å². The molecule has 1 amide bonds. The predicted octanol–water partition coefficient (Wildman–Crippen LogP) is 4.93. The van der Waals surface area contributed by atoms with Crippen LogP contribution in [0, 0.1) is 41.8 Å². The maximum absolute atomic E-state index is 14.3. The SMILES string of the molecule is Cc1ccc(C(=O)NC2C(C)(C)C(Oc3ccc(C#N)c(F)c3C)C2(C)C)cc1. The van der Waals surface area contributed by atoms with Crippen LogP contribution in [0.4, 0.5) is 4.39 Å². The largest absolute Gasteiger partial charge is 0.489 e. The molecular weight excluding hydrogens is 367 g/mol. The second kappa shape index (κ2) is 7.18. The van der Waals surface area contributed by atoms with Gasteiger partial charge in [0, 0.05) is 28.0 Å². The molecule has 0 spiro atoms. The summed E-state index contributed by atoms with van der Waals surface area (Å²) in [5.41, 5.74) is 1.33. The molecule has 1 aliphatic carbocycles. The maximum Gasteiger partial charge on any atom is 0.251 e. The minimum absolute atomic E-state index is 0.00483. The minimum Gasteiger partial charge on any atom is -0.489 e. The highest BCUT2D eigenvalue weighted by Crippen LogP contribution is 2.55. The molecule has 2 aromatic carbocycles. The molecule has 152 valence electrons. The van der Waals surface area contributed by atoms with Crippen LogP contribution in [0.1, 0.15) is 54.7 Å². The van der Waals surface area contributed by atoms with Crippen LogP contribution in [-0.2, 0) is 0 Å². The van der Waals surface area contributed by atoms with Crippen LogP contribution >= 0.6 is 0 Å². The lowest BCUT2D eigenvalue weighted by molar-refractivity contribution is -0.164. The molecule has 0 unspecified atom stereocenters. The van der Waals surface area contributed by atoms with Crippen molar-refractivity contribution >= 4 is 5.91 Å². The highest BCUT2D eigenvalue weighted by Gasteiger charge is 2.64. The Morgan fingerprint density at radius 3 is 2.21 bits per heavy atom. The van der Waals surface area contributed by atoms with Gasteiger partial charge in [-0.1, -0.05) is 45.4 Å². The average molecular weight is 394 g/mol. The van der Waals surface area contributed by atoms with Crippen LogP contribution in [0.5, 0.6) is 5.75 Å². The van der Waals surface area contributed by atoms with Gasteiger partial charge in [0.05, 0.1) is 5.56 Å². The fourth-order valence-electron chi connectivity index (χ4n) is 4.73. The summed E-state index contributed by atoms with van der Waals surface area (Å²) in [5.74, 6) is -0.240. The van der Waals surface area contributed by atoms with E-state index in [0.29, 0.717) is 16.9 Å². The van der Waals surface area contributed by atoms with E-state index in [-0.39, 0.29) is 34.4 Å². The third-order valence-corrected chi connectivity index (χ3v) is 6.13. The molecular formula is C24H27FN2O2. The minimum atomic E-state index is -0.552. The van der Waals surface area contributed by atoms with Crippen molar-refractivity contribution in [2.75, 3.05) is 0 Å². The normalized spacial score (nSPS) is 21.6. The fraction of sp³-hybridized carbons (Fsp3) is 0.417. The van der Waals surface area contributed by atoms with Gasteiger partial charge in [-0.2, -0.15) is 5.26 Å². The first kappa shape index (κ1) is 20.9. The molecule has 2 aromatic rings. The van der Waals surface area contributed by atoms with Crippen LogP contribution in [0.15, 0.2) is 36.4 Å². The number of amides is 1. The maximum atomic E-state index is 14.3. The molecule has 5 heteroatoms. The Balaban J connectivity index is 1.80. The zero-order chi connectivity index (χ0) is 21.6. The number of nitrogens with one attached hydrogen (secondary N) is 1. The van der Waals surface area contributed by atoms with Gasteiger partial charge in [-0.15, -0.1) is 0 Å². The van der Waals surface area contributed by atoms with Gasteiger partial charge in [-0.25, -0.2) is 4.39 Å². The van der Waals surface area contributed by atoms with E-state index in [0.717, 1.165) is 5.56 Å². The molecule has 1 fully saturated rings. The molecule has 0 radical (unpaired) electrons. The van der Waals surface area contributed by atoms with Crippen LogP contribution in [0.3, 0.4) is 0 Å². The van der Waals surface area contributed by atoms with E-state index in [9.17, 15) is 9.18 Å². The summed E-state index contributed by atoms with van der Waals surface area (Å²) in [5, 5.41) is 12.2. The Morgan fingerprint density at radius 2 is 1.66 bits per heavy atom. The van der Waals surface area contributed by atoms with E-state index in [2.05, 4.69) is 5.32 Å². The molecule has 0 aliphatic heterocycles. The molecule has 0 saturated heterocycles. The third-order valence-electron chi connectivity index (χ3n) is 6.13. The van der Waals surface area contributed by atoms with Crippen LogP contribution < -0.4 is 10.1 Å². The number of carbonyl (C=O) groups excluding carboxylic acids is 1. The van der Waals surface area contributed by atoms with E-state index in [4.69, 9.17) is 10.00 Å². The molecule has 0 heterocycles. The summed E-state index contributed by atoms with van der Waals surface area (Å²) < 4.78 is 20.5. The van der Waals surface area contributed by atoms with Gasteiger partial charge in [0.25, 0.3) is 5.91 Å². The first-order valence-electron chi connectivity index (χ1n) is 9.73. The highest BCUT2D eigenvalue weighted by molar-refractivity contribution is 5.94. The van der Waals surface area contributed by atoms with Crippen molar-refractivity contribution in [3.8, 4) is 11.8 Å². The zero-order valence-electron chi connectivity index (χ0n) is 17.8. The first-order chi connectivity index (χ1) is 13.5. The lowest BCUT2D eigenvalue weighted by atomic mass is 9.49. The monoisotopic (exact) mass is 394 g/mol. The fourth-order valence-corrected chi connectivity index (χ4v) is 4.73. The van der Waals surface area contributed by atoms with Crippen molar-refractivity contribution in [2.45, 2.75) is 53.7 Å². The summed E-state index contributed by atoms with van der Waals surface area (Å²) in [6.07, 6.45) is -0.232. The quantitative estimate of drug-likeness (QED) is 0.800. The standard InChI is InChI=1S/C24H27FN2O2/c1-14-7-9-16(10-8-14)20(28)27-21-23(3,4)22(24(21,5)6)29-18-12-11-17(13-26)19(25)15(18)2/h7-12,21-22H,1-6H3,(H,27,28). The Morgan fingerprint density at radius 1 is 1.07 bits per heavy atom. The van der Waals surface area contributed by atoms with Gasteiger partial charge in [-0.05, 0) is 38.1 Å². The second-order valence-electron chi connectivity index (χ2n) is 9.08. The van der Waals surface area contributed by atoms with Gasteiger partial charge in [-0.3, -0.25) is 4.79 Å². The van der Waals surface area contributed by atoms with Gasteiger partial charge >= 0.3 is 0 Å². The summed E-state index contributed by atoms with van der Waals surface area (Å²) in [6.45, 7) is 11.8. The Bertz CT molecular complexity index is 971. The molecule has 1 N–H and O–H groups in total. The van der Waals surface area contributed by atoms with Crippen molar-refractivity contribution in [2.24, 2.45) is 10.8 Å². The van der Waals surface area contributed by atoms with Gasteiger partial charge in [0.15, 0.2) is 0 Å². The van der Waals surface area contributed by atoms with Crippen LogP contribution in [0.25, 0.3) is 0 Å². The van der Waals surface area contributed by atoms with E-state index in [1.54, 1.807) is 13.0 Å². The highest BCUT2D eigenvalue weighted by atomic mass is 19.1. The molecule has 3 rings (SSSR count). The van der Waals surface area contributed by atoms with E-state index in [1.165, 1.54) is 6.07 Å². The van der Waals surface area contributed by atoms with Crippen molar-refractivity contribution in [3.05, 3.63) is 64.5 Å². The smallest absolute Gasteiger partial charge is 0.251 e. The van der Waals surface area contributed by atoms with Crippen LogP contribution in [-0.4, -0.2) is 18.1 Å². The van der Waals surface area contributed by atoms with E-state index >= 15 is 0 Å². The Hall–Kier alpha value is -2.87. The van der Waals surface area contributed by atoms with Crippen molar-refractivity contribution in [1.82, 2.24) is 5.32 Å². The molecule has 0 bridgehead atoms. The summed E-state index contributed by atoms with van der Waals surface area (Å²) in [6, 6.07) is 12.3. The number of carbonyl (C=O) groups is 1. The molecule has 1 saturated carbocycles. The number of hydrogen-bond donors (Lipinski definition) is 1. The number of hydrogen-bond acceptors (Lipinski definition) is 3. The Kier molecular flexibility index (Phi) is 5.17. The summed E-state index contributed by atoms with van der Waals surface area (Å²) in [4.78, 5) is 12.7. The number of nitrogens with zero attached hydrogens (tertiary/aromatic N) is 1. The number of aryl methyl sites for hydroxylation is 1. The average Bonchev–Trinajstić information content (AvgIpc) is 2.67. The van der Waals surface area contributed by atoms with Crippen molar-refractivity contribution in [3.63, 3.8) is 0 Å². The second-order valence-corrected chi connectivity index (χ2v) is 9.08. The van der Waals surface area contributed by atoms with Crippen molar-refractivity contribution in [1.29, 1.82) is 5.26 Å². The molecule has 29 heavy (non-hydrogen) atoms. The molecule has 4 nitrogen and oxygen atoms in total. The summed E-state index contributed by atoms with van der Waals surface area (Å²) in [7, 11) is 0. The predicted molar refractivity (Wildman–Crippen MR) is 110 cm³/mol. The molecule has 0 atom stereocenters. The van der Waals surface area contributed by atoms with E-state index < -0.39 is 5.82 Å². The van der Waals surface area contributed by atoms with Crippen LogP contribution in [0.2, 0.25) is 0 Å². The summed E-state index contributed by atoms with van der Waals surface area (Å²) >= 11 is 0. The number of benzene rings is 2. The molecule has 0 aromatic heterocycles. The topological polar surface area (TPSA) is 62.1 Å². The zero-order valence-corrected chi connectivity index (χ0v) is 17.8.